The third-order valence-corrected chi connectivity index (χ3v) is 5.35. The van der Waals surface area contributed by atoms with E-state index in [1.807, 2.05) is 12.1 Å². The summed E-state index contributed by atoms with van der Waals surface area (Å²) in [7, 11) is 0. The Hall–Kier alpha value is -2.59. The topological polar surface area (TPSA) is 43.4 Å². The van der Waals surface area contributed by atoms with E-state index in [0.29, 0.717) is 27.5 Å². The molecule has 3 nitrogen and oxygen atoms in total. The largest absolute Gasteiger partial charge is 0.486 e. The van der Waals surface area contributed by atoms with E-state index in [1.54, 1.807) is 48.5 Å². The van der Waals surface area contributed by atoms with Gasteiger partial charge in [0.2, 0.25) is 0 Å². The minimum absolute atomic E-state index is 0.0909. The van der Waals surface area contributed by atoms with Crippen molar-refractivity contribution in [2.45, 2.75) is 6.61 Å². The fourth-order valence-electron chi connectivity index (χ4n) is 3.11. The molecule has 0 atom stereocenters. The van der Waals surface area contributed by atoms with Crippen LogP contribution in [0.5, 0.6) is 5.75 Å². The second-order valence-electron chi connectivity index (χ2n) is 6.49. The second kappa shape index (κ2) is 8.03. The van der Waals surface area contributed by atoms with Gasteiger partial charge in [-0.15, -0.1) is 0 Å². The highest BCUT2D eigenvalue weighted by molar-refractivity contribution is 6.41. The molecule has 0 heterocycles. The molecule has 0 fully saturated rings. The molecule has 3 aromatic rings. The first-order chi connectivity index (χ1) is 13.9. The minimum Gasteiger partial charge on any atom is -0.486 e. The van der Waals surface area contributed by atoms with Crippen LogP contribution in [0.25, 0.3) is 6.08 Å². The summed E-state index contributed by atoms with van der Waals surface area (Å²) in [5.74, 6) is -0.278. The van der Waals surface area contributed by atoms with Gasteiger partial charge >= 0.3 is 0 Å². The number of allylic oxidation sites excluding steroid dienone is 1. The molecule has 0 bridgehead atoms. The Morgan fingerprint density at radius 1 is 0.793 bits per heavy atom. The quantitative estimate of drug-likeness (QED) is 0.333. The van der Waals surface area contributed by atoms with E-state index in [0.717, 1.165) is 5.56 Å². The lowest BCUT2D eigenvalue weighted by Crippen LogP contribution is -2.00. The molecular formula is C23H13Cl3O3. The van der Waals surface area contributed by atoms with Crippen molar-refractivity contribution in [3.63, 3.8) is 0 Å². The molecule has 0 amide bonds. The van der Waals surface area contributed by atoms with Crippen molar-refractivity contribution < 1.29 is 14.3 Å². The standard InChI is InChI=1S/C23H13Cl3O3/c24-15-7-5-13(6-8-15)12-29-23-19(25)10-14(11-20(23)26)9-18-21(27)16-3-1-2-4-17(16)22(18)28/h1-11H,12H2. The van der Waals surface area contributed by atoms with Crippen LogP contribution < -0.4 is 4.74 Å². The summed E-state index contributed by atoms with van der Waals surface area (Å²) in [6, 6.07) is 17.2. The van der Waals surface area contributed by atoms with Crippen molar-refractivity contribution >= 4 is 52.4 Å². The average molecular weight is 444 g/mol. The monoisotopic (exact) mass is 442 g/mol. The predicted octanol–water partition coefficient (Wildman–Crippen LogP) is 6.69. The molecule has 0 aliphatic heterocycles. The van der Waals surface area contributed by atoms with Crippen molar-refractivity contribution in [2.75, 3.05) is 0 Å². The second-order valence-corrected chi connectivity index (χ2v) is 7.74. The van der Waals surface area contributed by atoms with Crippen molar-refractivity contribution in [1.82, 2.24) is 0 Å². The SMILES string of the molecule is O=C1C(=Cc2cc(Cl)c(OCc3ccc(Cl)cc3)c(Cl)c2)C(=O)c2ccccc21. The van der Waals surface area contributed by atoms with Crippen LogP contribution in [0, 0.1) is 0 Å². The lowest BCUT2D eigenvalue weighted by atomic mass is 10.1. The molecule has 0 spiro atoms. The van der Waals surface area contributed by atoms with Crippen molar-refractivity contribution in [1.29, 1.82) is 0 Å². The van der Waals surface area contributed by atoms with Gasteiger partial charge in [-0.3, -0.25) is 9.59 Å². The maximum absolute atomic E-state index is 12.5. The number of fused-ring (bicyclic) bond motifs is 1. The van der Waals surface area contributed by atoms with Gasteiger partial charge in [0.15, 0.2) is 17.3 Å². The number of ether oxygens (including phenoxy) is 1. The third-order valence-electron chi connectivity index (χ3n) is 4.53. The van der Waals surface area contributed by atoms with E-state index < -0.39 is 0 Å². The van der Waals surface area contributed by atoms with Crippen LogP contribution in [0.15, 0.2) is 66.2 Å². The van der Waals surface area contributed by atoms with Gasteiger partial charge in [0.25, 0.3) is 0 Å². The van der Waals surface area contributed by atoms with E-state index in [-0.39, 0.29) is 33.8 Å². The van der Waals surface area contributed by atoms with Gasteiger partial charge in [-0.2, -0.15) is 0 Å². The van der Waals surface area contributed by atoms with Crippen LogP contribution in [0.4, 0.5) is 0 Å². The molecule has 3 aromatic carbocycles. The summed E-state index contributed by atoms with van der Waals surface area (Å²) in [5.41, 5.74) is 2.36. The van der Waals surface area contributed by atoms with E-state index >= 15 is 0 Å². The van der Waals surface area contributed by atoms with E-state index in [4.69, 9.17) is 39.5 Å². The van der Waals surface area contributed by atoms with Gasteiger partial charge in [0.05, 0.1) is 15.6 Å². The van der Waals surface area contributed by atoms with Gasteiger partial charge in [0.1, 0.15) is 6.61 Å². The zero-order valence-electron chi connectivity index (χ0n) is 14.9. The Kier molecular flexibility index (Phi) is 5.46. The molecule has 0 N–H and O–H groups in total. The van der Waals surface area contributed by atoms with Crippen LogP contribution in [0.3, 0.4) is 0 Å². The Morgan fingerprint density at radius 2 is 1.34 bits per heavy atom. The molecule has 1 aliphatic rings. The van der Waals surface area contributed by atoms with Crippen molar-refractivity contribution in [3.05, 3.63) is 104 Å². The zero-order valence-corrected chi connectivity index (χ0v) is 17.2. The number of benzene rings is 3. The fourth-order valence-corrected chi connectivity index (χ4v) is 3.85. The zero-order chi connectivity index (χ0) is 20.5. The van der Waals surface area contributed by atoms with E-state index in [9.17, 15) is 9.59 Å². The maximum Gasteiger partial charge on any atom is 0.197 e. The molecule has 144 valence electrons. The first-order valence-electron chi connectivity index (χ1n) is 8.70. The Balaban J connectivity index is 1.59. The Bertz CT molecular complexity index is 1100. The molecule has 6 heteroatoms. The average Bonchev–Trinajstić information content (AvgIpc) is 2.94. The summed E-state index contributed by atoms with van der Waals surface area (Å²) in [6.07, 6.45) is 1.51. The number of halogens is 3. The molecule has 0 unspecified atom stereocenters. The first kappa shape index (κ1) is 19.7. The fraction of sp³-hybridized carbons (Fsp3) is 0.0435. The van der Waals surface area contributed by atoms with Crippen LogP contribution in [-0.4, -0.2) is 11.6 Å². The highest BCUT2D eigenvalue weighted by Gasteiger charge is 2.32. The Morgan fingerprint density at radius 3 is 1.90 bits per heavy atom. The summed E-state index contributed by atoms with van der Waals surface area (Å²) in [5, 5.41) is 1.21. The molecule has 0 aromatic heterocycles. The number of Topliss-reactive ketones (excluding diaryl/α,β-unsaturated/α-hetero) is 2. The third kappa shape index (κ3) is 3.95. The van der Waals surface area contributed by atoms with Crippen LogP contribution >= 0.6 is 34.8 Å². The van der Waals surface area contributed by atoms with Gasteiger partial charge < -0.3 is 4.74 Å². The number of carbonyl (C=O) groups is 2. The first-order valence-corrected chi connectivity index (χ1v) is 9.84. The molecule has 4 rings (SSSR count). The van der Waals surface area contributed by atoms with E-state index in [1.165, 1.54) is 6.08 Å². The summed E-state index contributed by atoms with van der Waals surface area (Å²) >= 11 is 18.6. The Labute approximate surface area is 182 Å². The summed E-state index contributed by atoms with van der Waals surface area (Å²) < 4.78 is 5.75. The number of carbonyl (C=O) groups excluding carboxylic acids is 2. The maximum atomic E-state index is 12.5. The normalized spacial score (nSPS) is 12.9. The van der Waals surface area contributed by atoms with E-state index in [2.05, 4.69) is 0 Å². The molecule has 0 saturated heterocycles. The summed E-state index contributed by atoms with van der Waals surface area (Å²) in [6.45, 7) is 0.267. The summed E-state index contributed by atoms with van der Waals surface area (Å²) in [4.78, 5) is 25.1. The highest BCUT2D eigenvalue weighted by atomic mass is 35.5. The molecule has 0 radical (unpaired) electrons. The molecule has 29 heavy (non-hydrogen) atoms. The smallest absolute Gasteiger partial charge is 0.197 e. The van der Waals surface area contributed by atoms with Crippen LogP contribution in [0.2, 0.25) is 15.1 Å². The molecule has 1 aliphatic carbocycles. The number of hydrogen-bond acceptors (Lipinski definition) is 3. The van der Waals surface area contributed by atoms with Gasteiger partial charge in [-0.1, -0.05) is 71.2 Å². The van der Waals surface area contributed by atoms with Gasteiger partial charge in [0, 0.05) is 16.1 Å². The predicted molar refractivity (Wildman–Crippen MR) is 115 cm³/mol. The van der Waals surface area contributed by atoms with Gasteiger partial charge in [-0.05, 0) is 41.5 Å². The van der Waals surface area contributed by atoms with Crippen molar-refractivity contribution in [3.8, 4) is 5.75 Å². The highest BCUT2D eigenvalue weighted by Crippen LogP contribution is 2.36. The van der Waals surface area contributed by atoms with Crippen LogP contribution in [0.1, 0.15) is 31.8 Å². The molecular weight excluding hydrogens is 431 g/mol. The van der Waals surface area contributed by atoms with Crippen LogP contribution in [-0.2, 0) is 6.61 Å². The van der Waals surface area contributed by atoms with Gasteiger partial charge in [-0.25, -0.2) is 0 Å². The molecule has 0 saturated carbocycles. The number of ketones is 2. The number of hydrogen-bond donors (Lipinski definition) is 0. The number of rotatable bonds is 4. The lowest BCUT2D eigenvalue weighted by Gasteiger charge is -2.11. The van der Waals surface area contributed by atoms with Crippen molar-refractivity contribution in [2.24, 2.45) is 0 Å². The minimum atomic E-state index is -0.305. The lowest BCUT2D eigenvalue weighted by molar-refractivity contribution is 0.0990.